The number of methoxy groups -OCH3 is 1. The Balaban J connectivity index is 1.86. The summed E-state index contributed by atoms with van der Waals surface area (Å²) in [4.78, 5) is 0. The SMILES string of the molecule is COc1cc(C(C)NCC2CCC(C)CC2)ccc1O. The van der Waals surface area contributed by atoms with Crippen LogP contribution in [0.1, 0.15) is 51.1 Å². The predicted molar refractivity (Wildman–Crippen MR) is 82.2 cm³/mol. The van der Waals surface area contributed by atoms with E-state index < -0.39 is 0 Å². The van der Waals surface area contributed by atoms with Crippen LogP contribution in [0.5, 0.6) is 11.5 Å². The Labute approximate surface area is 122 Å². The fourth-order valence-corrected chi connectivity index (χ4v) is 2.96. The number of ether oxygens (including phenoxy) is 1. The Bertz CT molecular complexity index is 425. The number of rotatable bonds is 5. The van der Waals surface area contributed by atoms with Crippen LogP contribution in [0.4, 0.5) is 0 Å². The molecule has 0 heterocycles. The Morgan fingerprint density at radius 3 is 2.65 bits per heavy atom. The van der Waals surface area contributed by atoms with Gasteiger partial charge >= 0.3 is 0 Å². The van der Waals surface area contributed by atoms with Gasteiger partial charge in [-0.05, 0) is 55.8 Å². The second kappa shape index (κ2) is 6.98. The van der Waals surface area contributed by atoms with Gasteiger partial charge < -0.3 is 15.2 Å². The zero-order valence-electron chi connectivity index (χ0n) is 12.9. The van der Waals surface area contributed by atoms with Crippen molar-refractivity contribution >= 4 is 0 Å². The molecule has 0 aromatic heterocycles. The second-order valence-corrected chi connectivity index (χ2v) is 6.19. The van der Waals surface area contributed by atoms with Crippen molar-refractivity contribution in [3.63, 3.8) is 0 Å². The van der Waals surface area contributed by atoms with Gasteiger partial charge in [0, 0.05) is 6.04 Å². The van der Waals surface area contributed by atoms with Gasteiger partial charge in [-0.1, -0.05) is 25.8 Å². The quantitative estimate of drug-likeness (QED) is 0.858. The van der Waals surface area contributed by atoms with Crippen molar-refractivity contribution in [2.45, 2.75) is 45.6 Å². The summed E-state index contributed by atoms with van der Waals surface area (Å²) in [5, 5.41) is 13.2. The van der Waals surface area contributed by atoms with Crippen molar-refractivity contribution in [3.8, 4) is 11.5 Å². The molecule has 0 amide bonds. The van der Waals surface area contributed by atoms with Crippen LogP contribution in [0.3, 0.4) is 0 Å². The molecule has 0 bridgehead atoms. The number of phenols is 1. The van der Waals surface area contributed by atoms with Crippen molar-refractivity contribution in [2.75, 3.05) is 13.7 Å². The predicted octanol–water partition coefficient (Wildman–Crippen LogP) is 3.88. The number of hydrogen-bond acceptors (Lipinski definition) is 3. The fraction of sp³-hybridized carbons (Fsp3) is 0.647. The minimum absolute atomic E-state index is 0.199. The molecule has 1 fully saturated rings. The summed E-state index contributed by atoms with van der Waals surface area (Å²) in [6.45, 7) is 5.60. The minimum atomic E-state index is 0.199. The molecule has 2 N–H and O–H groups in total. The Morgan fingerprint density at radius 2 is 2.00 bits per heavy atom. The minimum Gasteiger partial charge on any atom is -0.504 e. The number of nitrogens with one attached hydrogen (secondary N) is 1. The van der Waals surface area contributed by atoms with E-state index in [1.165, 1.54) is 25.7 Å². The van der Waals surface area contributed by atoms with Crippen LogP contribution in [0.15, 0.2) is 18.2 Å². The van der Waals surface area contributed by atoms with Gasteiger partial charge in [0.05, 0.1) is 7.11 Å². The molecular formula is C17H27NO2. The second-order valence-electron chi connectivity index (χ2n) is 6.19. The molecule has 1 saturated carbocycles. The van der Waals surface area contributed by atoms with Gasteiger partial charge in [-0.3, -0.25) is 0 Å². The number of hydrogen-bond donors (Lipinski definition) is 2. The lowest BCUT2D eigenvalue weighted by atomic mass is 9.83. The normalized spacial score (nSPS) is 24.4. The van der Waals surface area contributed by atoms with Crippen molar-refractivity contribution in [1.82, 2.24) is 5.32 Å². The molecule has 3 heteroatoms. The standard InChI is InChI=1S/C17H27NO2/c1-12-4-6-14(7-5-12)11-18-13(2)15-8-9-16(19)17(10-15)20-3/h8-10,12-14,18-19H,4-7,11H2,1-3H3. The molecule has 0 spiro atoms. The van der Waals surface area contributed by atoms with Crippen LogP contribution in [0, 0.1) is 11.8 Å². The van der Waals surface area contributed by atoms with Gasteiger partial charge in [0.15, 0.2) is 11.5 Å². The molecule has 0 saturated heterocycles. The number of phenolic OH excluding ortho intramolecular Hbond substituents is 1. The summed E-state index contributed by atoms with van der Waals surface area (Å²) in [6.07, 6.45) is 5.43. The van der Waals surface area contributed by atoms with Crippen LogP contribution < -0.4 is 10.1 Å². The topological polar surface area (TPSA) is 41.5 Å². The summed E-state index contributed by atoms with van der Waals surface area (Å²) in [6, 6.07) is 5.85. The monoisotopic (exact) mass is 277 g/mol. The highest BCUT2D eigenvalue weighted by atomic mass is 16.5. The zero-order chi connectivity index (χ0) is 14.5. The maximum atomic E-state index is 9.63. The zero-order valence-corrected chi connectivity index (χ0v) is 12.9. The van der Waals surface area contributed by atoms with E-state index in [1.807, 2.05) is 12.1 Å². The van der Waals surface area contributed by atoms with Gasteiger partial charge in [-0.25, -0.2) is 0 Å². The van der Waals surface area contributed by atoms with Crippen LogP contribution in [0.2, 0.25) is 0 Å². The van der Waals surface area contributed by atoms with E-state index in [0.717, 1.165) is 23.9 Å². The lowest BCUT2D eigenvalue weighted by Crippen LogP contribution is -2.28. The molecule has 0 aliphatic heterocycles. The third-order valence-electron chi connectivity index (χ3n) is 4.55. The molecule has 1 aromatic carbocycles. The average molecular weight is 277 g/mol. The third kappa shape index (κ3) is 3.89. The molecule has 1 unspecified atom stereocenters. The van der Waals surface area contributed by atoms with E-state index >= 15 is 0 Å². The number of aromatic hydroxyl groups is 1. The average Bonchev–Trinajstić information content (AvgIpc) is 2.47. The third-order valence-corrected chi connectivity index (χ3v) is 4.55. The van der Waals surface area contributed by atoms with Gasteiger partial charge in [-0.2, -0.15) is 0 Å². The Kier molecular flexibility index (Phi) is 5.30. The summed E-state index contributed by atoms with van der Waals surface area (Å²) < 4.78 is 5.16. The highest BCUT2D eigenvalue weighted by Gasteiger charge is 2.19. The van der Waals surface area contributed by atoms with Gasteiger partial charge in [0.1, 0.15) is 0 Å². The summed E-state index contributed by atoms with van der Waals surface area (Å²) in [5.74, 6) is 2.46. The smallest absolute Gasteiger partial charge is 0.160 e. The van der Waals surface area contributed by atoms with Gasteiger partial charge in [0.25, 0.3) is 0 Å². The van der Waals surface area contributed by atoms with E-state index in [4.69, 9.17) is 4.74 Å². The Morgan fingerprint density at radius 1 is 1.30 bits per heavy atom. The molecule has 1 aromatic rings. The van der Waals surface area contributed by atoms with Crippen molar-refractivity contribution in [3.05, 3.63) is 23.8 Å². The first-order valence-electron chi connectivity index (χ1n) is 7.70. The highest BCUT2D eigenvalue weighted by molar-refractivity contribution is 5.42. The maximum absolute atomic E-state index is 9.63. The molecule has 1 atom stereocenters. The van der Waals surface area contributed by atoms with E-state index in [0.29, 0.717) is 5.75 Å². The molecule has 0 radical (unpaired) electrons. The van der Waals surface area contributed by atoms with Crippen LogP contribution in [-0.4, -0.2) is 18.8 Å². The molecular weight excluding hydrogens is 250 g/mol. The summed E-state index contributed by atoms with van der Waals surface area (Å²) >= 11 is 0. The molecule has 3 nitrogen and oxygen atoms in total. The molecule has 1 aliphatic rings. The first-order chi connectivity index (χ1) is 9.60. The van der Waals surface area contributed by atoms with Crippen molar-refractivity contribution < 1.29 is 9.84 Å². The van der Waals surface area contributed by atoms with Crippen LogP contribution in [-0.2, 0) is 0 Å². The molecule has 2 rings (SSSR count). The van der Waals surface area contributed by atoms with E-state index in [2.05, 4.69) is 19.2 Å². The lowest BCUT2D eigenvalue weighted by Gasteiger charge is -2.27. The van der Waals surface area contributed by atoms with E-state index in [-0.39, 0.29) is 11.8 Å². The van der Waals surface area contributed by atoms with Crippen molar-refractivity contribution in [2.24, 2.45) is 11.8 Å². The molecule has 112 valence electrons. The van der Waals surface area contributed by atoms with Crippen molar-refractivity contribution in [1.29, 1.82) is 0 Å². The number of benzene rings is 1. The molecule has 1 aliphatic carbocycles. The first kappa shape index (κ1) is 15.2. The largest absolute Gasteiger partial charge is 0.504 e. The fourth-order valence-electron chi connectivity index (χ4n) is 2.96. The first-order valence-corrected chi connectivity index (χ1v) is 7.70. The van der Waals surface area contributed by atoms with Gasteiger partial charge in [0.2, 0.25) is 0 Å². The van der Waals surface area contributed by atoms with Crippen LogP contribution >= 0.6 is 0 Å². The lowest BCUT2D eigenvalue weighted by molar-refractivity contribution is 0.276. The Hall–Kier alpha value is -1.22. The van der Waals surface area contributed by atoms with Gasteiger partial charge in [-0.15, -0.1) is 0 Å². The maximum Gasteiger partial charge on any atom is 0.160 e. The summed E-state index contributed by atoms with van der Waals surface area (Å²) in [7, 11) is 1.58. The molecule has 20 heavy (non-hydrogen) atoms. The van der Waals surface area contributed by atoms with E-state index in [9.17, 15) is 5.11 Å². The summed E-state index contributed by atoms with van der Waals surface area (Å²) in [5.41, 5.74) is 1.16. The van der Waals surface area contributed by atoms with Crippen LogP contribution in [0.25, 0.3) is 0 Å². The highest BCUT2D eigenvalue weighted by Crippen LogP contribution is 2.30. The van der Waals surface area contributed by atoms with E-state index in [1.54, 1.807) is 13.2 Å².